The highest BCUT2D eigenvalue weighted by molar-refractivity contribution is 9.10. The minimum atomic E-state index is 0. The van der Waals surface area contributed by atoms with Crippen molar-refractivity contribution in [3.8, 4) is 0 Å². The van der Waals surface area contributed by atoms with Crippen LogP contribution in [-0.4, -0.2) is 17.7 Å². The van der Waals surface area contributed by atoms with E-state index >= 15 is 0 Å². The summed E-state index contributed by atoms with van der Waals surface area (Å²) >= 11 is 3.58. The molecule has 0 aliphatic carbocycles. The molecule has 4 heteroatoms. The molecule has 0 unspecified atom stereocenters. The minimum absolute atomic E-state index is 0. The number of piperidine rings is 1. The number of rotatable bonds is 3. The molecular formula is C20H22BrClN2. The number of hydrogen-bond donors (Lipinski definition) is 1. The van der Waals surface area contributed by atoms with Crippen molar-refractivity contribution < 1.29 is 0 Å². The van der Waals surface area contributed by atoms with Gasteiger partial charge in [0, 0.05) is 28.1 Å². The van der Waals surface area contributed by atoms with Crippen molar-refractivity contribution in [2.45, 2.75) is 25.3 Å². The second-order valence-corrected chi connectivity index (χ2v) is 7.30. The normalized spacial score (nSPS) is 15.4. The number of hydrogen-bond acceptors (Lipinski definition) is 1. The van der Waals surface area contributed by atoms with Crippen LogP contribution in [0.25, 0.3) is 10.9 Å². The molecule has 2 nitrogen and oxygen atoms in total. The van der Waals surface area contributed by atoms with E-state index in [0.29, 0.717) is 5.92 Å². The van der Waals surface area contributed by atoms with Crippen molar-refractivity contribution in [1.29, 1.82) is 0 Å². The van der Waals surface area contributed by atoms with Gasteiger partial charge in [0.1, 0.15) is 0 Å². The predicted octanol–water partition coefficient (Wildman–Crippen LogP) is 5.34. The van der Waals surface area contributed by atoms with E-state index < -0.39 is 0 Å². The highest BCUT2D eigenvalue weighted by Gasteiger charge is 2.20. The number of halogens is 2. The lowest BCUT2D eigenvalue weighted by atomic mass is 9.90. The summed E-state index contributed by atoms with van der Waals surface area (Å²) in [5.74, 6) is 0.685. The summed E-state index contributed by atoms with van der Waals surface area (Å²) in [7, 11) is 0. The topological polar surface area (TPSA) is 17.0 Å². The largest absolute Gasteiger partial charge is 0.343 e. The van der Waals surface area contributed by atoms with Crippen LogP contribution in [-0.2, 0) is 6.54 Å². The number of nitrogens with one attached hydrogen (secondary N) is 1. The number of para-hydroxylation sites is 1. The zero-order chi connectivity index (χ0) is 15.6. The van der Waals surface area contributed by atoms with Crippen LogP contribution in [0, 0.1) is 0 Å². The first-order valence-corrected chi connectivity index (χ1v) is 9.13. The number of nitrogens with zero attached hydrogens (tertiary/aromatic N) is 1. The fourth-order valence-electron chi connectivity index (χ4n) is 3.70. The zero-order valence-electron chi connectivity index (χ0n) is 13.5. The highest BCUT2D eigenvalue weighted by Crippen LogP contribution is 2.33. The third kappa shape index (κ3) is 3.53. The van der Waals surface area contributed by atoms with Crippen LogP contribution in [0.3, 0.4) is 0 Å². The van der Waals surface area contributed by atoms with Gasteiger partial charge in [-0.2, -0.15) is 0 Å². The Hall–Kier alpha value is -1.29. The lowest BCUT2D eigenvalue weighted by molar-refractivity contribution is 0.461. The Labute approximate surface area is 157 Å². The summed E-state index contributed by atoms with van der Waals surface area (Å²) in [6, 6.07) is 17.4. The van der Waals surface area contributed by atoms with Crippen LogP contribution in [0.2, 0.25) is 0 Å². The van der Waals surface area contributed by atoms with E-state index in [1.54, 1.807) is 0 Å². The van der Waals surface area contributed by atoms with Gasteiger partial charge in [0.2, 0.25) is 0 Å². The maximum atomic E-state index is 3.58. The Morgan fingerprint density at radius 1 is 1.04 bits per heavy atom. The third-order valence-corrected chi connectivity index (χ3v) is 5.33. The van der Waals surface area contributed by atoms with Gasteiger partial charge in [-0.1, -0.05) is 46.3 Å². The molecule has 3 aromatic rings. The lowest BCUT2D eigenvalue weighted by Crippen LogP contribution is -2.26. The van der Waals surface area contributed by atoms with Crippen molar-refractivity contribution in [3.05, 3.63) is 70.3 Å². The Morgan fingerprint density at radius 2 is 1.83 bits per heavy atom. The second-order valence-electron chi connectivity index (χ2n) is 6.38. The average molecular weight is 406 g/mol. The SMILES string of the molecule is Brc1cccc(Cn2cc(C3CCNCC3)c3ccccc32)c1.Cl. The van der Waals surface area contributed by atoms with Crippen molar-refractivity contribution >= 4 is 39.2 Å². The fraction of sp³-hybridized carbons (Fsp3) is 0.300. The summed E-state index contributed by atoms with van der Waals surface area (Å²) in [6.07, 6.45) is 4.87. The number of fused-ring (bicyclic) bond motifs is 1. The van der Waals surface area contributed by atoms with E-state index in [4.69, 9.17) is 0 Å². The van der Waals surface area contributed by atoms with Crippen LogP contribution in [0.15, 0.2) is 59.2 Å². The summed E-state index contributed by atoms with van der Waals surface area (Å²) in [5.41, 5.74) is 4.20. The Balaban J connectivity index is 0.00000169. The Morgan fingerprint density at radius 3 is 2.62 bits per heavy atom. The molecule has 1 aromatic heterocycles. The molecule has 0 atom stereocenters. The van der Waals surface area contributed by atoms with Gasteiger partial charge < -0.3 is 9.88 Å². The maximum absolute atomic E-state index is 3.58. The van der Waals surface area contributed by atoms with Crippen LogP contribution in [0.5, 0.6) is 0 Å². The van der Waals surface area contributed by atoms with Crippen molar-refractivity contribution in [1.82, 2.24) is 9.88 Å². The Bertz CT molecular complexity index is 821. The van der Waals surface area contributed by atoms with E-state index in [0.717, 1.165) is 24.1 Å². The van der Waals surface area contributed by atoms with Gasteiger partial charge in [0.25, 0.3) is 0 Å². The van der Waals surface area contributed by atoms with Crippen LogP contribution < -0.4 is 5.32 Å². The summed E-state index contributed by atoms with van der Waals surface area (Å²) in [4.78, 5) is 0. The van der Waals surface area contributed by atoms with Crippen molar-refractivity contribution in [2.24, 2.45) is 0 Å². The molecule has 0 spiro atoms. The average Bonchev–Trinajstić information content (AvgIpc) is 2.95. The van der Waals surface area contributed by atoms with Gasteiger partial charge in [-0.3, -0.25) is 0 Å². The van der Waals surface area contributed by atoms with E-state index in [9.17, 15) is 0 Å². The quantitative estimate of drug-likeness (QED) is 0.622. The Kier molecular flexibility index (Phi) is 5.65. The summed E-state index contributed by atoms with van der Waals surface area (Å²) in [6.45, 7) is 3.19. The summed E-state index contributed by atoms with van der Waals surface area (Å²) in [5, 5.41) is 4.90. The van der Waals surface area contributed by atoms with Gasteiger partial charge in [0.15, 0.2) is 0 Å². The number of aromatic nitrogens is 1. The lowest BCUT2D eigenvalue weighted by Gasteiger charge is -2.22. The van der Waals surface area contributed by atoms with E-state index in [1.807, 2.05) is 0 Å². The molecule has 1 saturated heterocycles. The molecule has 0 bridgehead atoms. The molecule has 2 aromatic carbocycles. The third-order valence-electron chi connectivity index (χ3n) is 4.84. The molecule has 1 aliphatic heterocycles. The highest BCUT2D eigenvalue weighted by atomic mass is 79.9. The second kappa shape index (κ2) is 7.73. The molecule has 0 radical (unpaired) electrons. The zero-order valence-corrected chi connectivity index (χ0v) is 15.9. The van der Waals surface area contributed by atoms with E-state index in [2.05, 4.69) is 80.5 Å². The first-order valence-electron chi connectivity index (χ1n) is 8.34. The molecule has 2 heterocycles. The monoisotopic (exact) mass is 404 g/mol. The van der Waals surface area contributed by atoms with Gasteiger partial charge in [-0.05, 0) is 61.2 Å². The van der Waals surface area contributed by atoms with Gasteiger partial charge in [-0.25, -0.2) is 0 Å². The van der Waals surface area contributed by atoms with Gasteiger partial charge >= 0.3 is 0 Å². The van der Waals surface area contributed by atoms with Crippen LogP contribution >= 0.6 is 28.3 Å². The molecule has 1 N–H and O–H groups in total. The molecule has 4 rings (SSSR count). The maximum Gasteiger partial charge on any atom is 0.0486 e. The van der Waals surface area contributed by atoms with Crippen molar-refractivity contribution in [3.63, 3.8) is 0 Å². The standard InChI is InChI=1S/C20H21BrN2.ClH/c21-17-5-3-4-15(12-17)13-23-14-19(16-8-10-22-11-9-16)18-6-1-2-7-20(18)23;/h1-7,12,14,16,22H,8-11,13H2;1H. The molecule has 0 saturated carbocycles. The van der Waals surface area contributed by atoms with Gasteiger partial charge in [-0.15, -0.1) is 12.4 Å². The molecule has 24 heavy (non-hydrogen) atoms. The molecule has 1 aliphatic rings. The van der Waals surface area contributed by atoms with E-state index in [1.165, 1.54) is 34.9 Å². The number of benzene rings is 2. The van der Waals surface area contributed by atoms with Crippen molar-refractivity contribution in [2.75, 3.05) is 13.1 Å². The fourth-order valence-corrected chi connectivity index (χ4v) is 4.14. The summed E-state index contributed by atoms with van der Waals surface area (Å²) < 4.78 is 3.55. The smallest absolute Gasteiger partial charge is 0.0486 e. The first kappa shape index (κ1) is 17.5. The first-order chi connectivity index (χ1) is 11.3. The van der Waals surface area contributed by atoms with E-state index in [-0.39, 0.29) is 12.4 Å². The molecule has 0 amide bonds. The van der Waals surface area contributed by atoms with Gasteiger partial charge in [0.05, 0.1) is 0 Å². The van der Waals surface area contributed by atoms with Crippen LogP contribution in [0.4, 0.5) is 0 Å². The molecular weight excluding hydrogens is 384 g/mol. The predicted molar refractivity (Wildman–Crippen MR) is 107 cm³/mol. The minimum Gasteiger partial charge on any atom is -0.343 e. The molecule has 126 valence electrons. The molecule has 1 fully saturated rings. The van der Waals surface area contributed by atoms with Crippen LogP contribution in [0.1, 0.15) is 29.9 Å².